The van der Waals surface area contributed by atoms with Crippen molar-refractivity contribution >= 4 is 53.7 Å². The summed E-state index contributed by atoms with van der Waals surface area (Å²) in [5.74, 6) is -8.95. The van der Waals surface area contributed by atoms with Crippen molar-refractivity contribution in [2.45, 2.75) is 0 Å². The van der Waals surface area contributed by atoms with Crippen molar-refractivity contribution < 1.29 is 89.2 Å². The van der Waals surface area contributed by atoms with E-state index in [0.29, 0.717) is 0 Å². The van der Waals surface area contributed by atoms with Crippen LogP contribution in [0.4, 0.5) is 0 Å². The van der Waals surface area contributed by atoms with E-state index < -0.39 is 53.7 Å². The molecule has 0 bridgehead atoms. The minimum atomic E-state index is -1.40. The first-order valence-corrected chi connectivity index (χ1v) is 11.1. The molecule has 6 rings (SSSR count). The Bertz CT molecular complexity index is 1600. The minimum absolute atomic E-state index is 0. The van der Waals surface area contributed by atoms with Crippen LogP contribution in [0.2, 0.25) is 0 Å². The van der Waals surface area contributed by atoms with Gasteiger partial charge in [-0.3, -0.25) is 0 Å². The molecule has 0 atom stereocenters. The molecule has 217 valence electrons. The minimum Gasteiger partial charge on any atom is -0.545 e. The van der Waals surface area contributed by atoms with E-state index in [2.05, 4.69) is 14.2 Å². The average Bonchev–Trinajstić information content (AvgIpc) is 3.52. The van der Waals surface area contributed by atoms with Crippen LogP contribution in [0.25, 0.3) is 0 Å². The van der Waals surface area contributed by atoms with Crippen molar-refractivity contribution in [2.75, 3.05) is 0 Å². The van der Waals surface area contributed by atoms with Crippen molar-refractivity contribution in [3.05, 3.63) is 105 Å². The van der Waals surface area contributed by atoms with Crippen LogP contribution in [-0.2, 0) is 30.7 Å². The van der Waals surface area contributed by atoms with Gasteiger partial charge in [0.1, 0.15) is 0 Å². The Balaban J connectivity index is 0.000000175. The maximum absolute atomic E-state index is 11.0. The van der Waals surface area contributed by atoms with Gasteiger partial charge in [-0.25, -0.2) is 28.8 Å². The standard InChI is InChI=1S/3C9H4O5.Ni/c3*10-7(11)4-1-2-5-6(3-4)9(13)14-8(5)12;/h3*1-3H,(H,10,11);/q;;;+3/p-3. The predicted octanol–water partition coefficient (Wildman–Crippen LogP) is -1.92. The van der Waals surface area contributed by atoms with Crippen LogP contribution in [0.1, 0.15) is 93.2 Å². The van der Waals surface area contributed by atoms with Gasteiger partial charge < -0.3 is 43.9 Å². The molecule has 0 saturated heterocycles. The molecule has 3 aliphatic rings. The molecule has 3 aromatic carbocycles. The molecule has 0 unspecified atom stereocenters. The summed E-state index contributed by atoms with van der Waals surface area (Å²) in [6, 6.07) is 10.5. The molecule has 0 spiro atoms. The third-order valence-electron chi connectivity index (χ3n) is 5.64. The van der Waals surface area contributed by atoms with Crippen LogP contribution in [-0.4, -0.2) is 53.7 Å². The van der Waals surface area contributed by atoms with Gasteiger partial charge in [-0.05, 0) is 53.1 Å². The van der Waals surface area contributed by atoms with E-state index in [-0.39, 0.29) is 66.6 Å². The Hall–Kier alpha value is -6.02. The molecule has 3 heterocycles. The number of carboxylic acids is 3. The van der Waals surface area contributed by atoms with E-state index in [9.17, 15) is 58.5 Å². The van der Waals surface area contributed by atoms with E-state index in [1.165, 1.54) is 36.4 Å². The second kappa shape index (κ2) is 12.2. The Kier molecular flexibility index (Phi) is 8.97. The molecule has 43 heavy (non-hydrogen) atoms. The van der Waals surface area contributed by atoms with E-state index >= 15 is 0 Å². The number of hydrogen-bond acceptors (Lipinski definition) is 15. The topological polar surface area (TPSA) is 250 Å². The second-order valence-corrected chi connectivity index (χ2v) is 8.17. The first-order chi connectivity index (χ1) is 19.8. The number of carbonyl (C=O) groups is 9. The molecule has 0 saturated carbocycles. The van der Waals surface area contributed by atoms with Crippen molar-refractivity contribution in [3.63, 3.8) is 0 Å². The number of esters is 6. The number of fused-ring (bicyclic) bond motifs is 3. The van der Waals surface area contributed by atoms with Gasteiger partial charge in [-0.1, -0.05) is 18.2 Å². The number of cyclic esters (lactones) is 6. The zero-order valence-electron chi connectivity index (χ0n) is 20.6. The van der Waals surface area contributed by atoms with Gasteiger partial charge in [-0.2, -0.15) is 0 Å². The molecule has 0 aliphatic carbocycles. The van der Waals surface area contributed by atoms with Crippen LogP contribution >= 0.6 is 0 Å². The van der Waals surface area contributed by atoms with Gasteiger partial charge in [0, 0.05) is 0 Å². The fraction of sp³-hybridized carbons (Fsp3) is 0. The summed E-state index contributed by atoms with van der Waals surface area (Å²) >= 11 is 0. The molecule has 0 N–H and O–H groups in total. The summed E-state index contributed by atoms with van der Waals surface area (Å²) in [4.78, 5) is 97.2. The van der Waals surface area contributed by atoms with Crippen LogP contribution < -0.4 is 15.3 Å². The molecular weight excluding hydrogens is 623 g/mol. The van der Waals surface area contributed by atoms with Gasteiger partial charge in [0.2, 0.25) is 0 Å². The predicted molar refractivity (Wildman–Crippen MR) is 122 cm³/mol. The van der Waals surface area contributed by atoms with E-state index in [0.717, 1.165) is 18.2 Å². The van der Waals surface area contributed by atoms with Crippen LogP contribution in [0.3, 0.4) is 0 Å². The normalized spacial score (nSPS) is 13.4. The van der Waals surface area contributed by atoms with Crippen molar-refractivity contribution in [1.82, 2.24) is 0 Å². The van der Waals surface area contributed by atoms with Gasteiger partial charge >= 0.3 is 52.3 Å². The quantitative estimate of drug-likeness (QED) is 0.132. The first kappa shape index (κ1) is 31.5. The number of aromatic carboxylic acids is 3. The van der Waals surface area contributed by atoms with Gasteiger partial charge in [0.05, 0.1) is 51.3 Å². The Morgan fingerprint density at radius 3 is 0.814 bits per heavy atom. The zero-order valence-corrected chi connectivity index (χ0v) is 21.6. The number of benzene rings is 3. The monoisotopic (exact) mass is 631 g/mol. The average molecular weight is 632 g/mol. The molecule has 0 aromatic heterocycles. The molecular formula is C27H9NiO15. The van der Waals surface area contributed by atoms with Crippen molar-refractivity contribution in [2.24, 2.45) is 0 Å². The molecule has 15 nitrogen and oxygen atoms in total. The van der Waals surface area contributed by atoms with Crippen LogP contribution in [0.5, 0.6) is 0 Å². The summed E-state index contributed by atoms with van der Waals surface area (Å²) in [5.41, 5.74) is -0.314. The van der Waals surface area contributed by atoms with Crippen molar-refractivity contribution in [3.8, 4) is 0 Å². The number of carbonyl (C=O) groups excluding carboxylic acids is 9. The second-order valence-electron chi connectivity index (χ2n) is 8.17. The maximum Gasteiger partial charge on any atom is 3.00 e. The van der Waals surface area contributed by atoms with Gasteiger partial charge in [-0.15, -0.1) is 0 Å². The fourth-order valence-corrected chi connectivity index (χ4v) is 3.64. The van der Waals surface area contributed by atoms with Crippen LogP contribution in [0, 0.1) is 0 Å². The fourth-order valence-electron chi connectivity index (χ4n) is 3.64. The summed E-state index contributed by atoms with van der Waals surface area (Å²) in [6.07, 6.45) is 0. The molecule has 3 aromatic rings. The molecule has 1 radical (unpaired) electrons. The smallest absolute Gasteiger partial charge is 0.545 e. The molecule has 0 amide bonds. The van der Waals surface area contributed by atoms with E-state index in [1.54, 1.807) is 0 Å². The maximum atomic E-state index is 11.0. The zero-order chi connectivity index (χ0) is 30.9. The summed E-state index contributed by atoms with van der Waals surface area (Å²) in [5, 5.41) is 31.3. The third kappa shape index (κ3) is 6.34. The van der Waals surface area contributed by atoms with E-state index in [1.807, 2.05) is 0 Å². The third-order valence-corrected chi connectivity index (χ3v) is 5.64. The number of carboxylic acid groups (broad SMARTS) is 3. The molecule has 16 heteroatoms. The van der Waals surface area contributed by atoms with Gasteiger partial charge in [0.15, 0.2) is 0 Å². The Morgan fingerprint density at radius 2 is 0.605 bits per heavy atom. The van der Waals surface area contributed by atoms with E-state index in [4.69, 9.17) is 0 Å². The number of ether oxygens (including phenoxy) is 3. The summed E-state index contributed by atoms with van der Waals surface area (Å²) in [6.45, 7) is 0. The molecule has 3 aliphatic heterocycles. The summed E-state index contributed by atoms with van der Waals surface area (Å²) < 4.78 is 12.8. The van der Waals surface area contributed by atoms with Gasteiger partial charge in [0.25, 0.3) is 0 Å². The summed E-state index contributed by atoms with van der Waals surface area (Å²) in [7, 11) is 0. The SMILES string of the molecule is O=C([O-])c1ccc2c(c1)C(=O)OC2=O.O=C([O-])c1ccc2c(c1)C(=O)OC2=O.O=C([O-])c1ccc2c(c1)C(=O)OC2=O.[Ni+3]. The molecule has 0 fully saturated rings. The first-order valence-electron chi connectivity index (χ1n) is 11.1. The number of hydrogen-bond donors (Lipinski definition) is 0. The Morgan fingerprint density at radius 1 is 0.395 bits per heavy atom. The Labute approximate surface area is 247 Å². The number of rotatable bonds is 3. The van der Waals surface area contributed by atoms with Crippen molar-refractivity contribution in [1.29, 1.82) is 0 Å². The largest absolute Gasteiger partial charge is 3.00 e. The van der Waals surface area contributed by atoms with Crippen LogP contribution in [0.15, 0.2) is 54.6 Å².